The highest BCUT2D eigenvalue weighted by atomic mass is 32.2. The van der Waals surface area contributed by atoms with E-state index >= 15 is 0 Å². The molecule has 9 nitrogen and oxygen atoms in total. The van der Waals surface area contributed by atoms with Gasteiger partial charge in [0.1, 0.15) is 11.4 Å². The molecule has 1 saturated heterocycles. The molecule has 4 heterocycles. The van der Waals surface area contributed by atoms with Crippen molar-refractivity contribution in [3.8, 4) is 5.75 Å². The Hall–Kier alpha value is -3.40. The fourth-order valence-electron chi connectivity index (χ4n) is 4.60. The number of nitrogens with zero attached hydrogens (tertiary/aromatic N) is 4. The van der Waals surface area contributed by atoms with E-state index in [2.05, 4.69) is 19.6 Å². The normalized spacial score (nSPS) is 19.8. The molecule has 2 aliphatic rings. The molecule has 0 radical (unpaired) electrons. The van der Waals surface area contributed by atoms with Crippen molar-refractivity contribution in [2.75, 3.05) is 29.8 Å². The zero-order valence-corrected chi connectivity index (χ0v) is 18.3. The number of hydrogen-bond donors (Lipinski definition) is 1. The van der Waals surface area contributed by atoms with Crippen LogP contribution in [0.15, 0.2) is 64.5 Å². The molecule has 1 aromatic carbocycles. The van der Waals surface area contributed by atoms with Crippen LogP contribution in [0.5, 0.6) is 5.75 Å². The third-order valence-electron chi connectivity index (χ3n) is 6.05. The van der Waals surface area contributed by atoms with Gasteiger partial charge in [0, 0.05) is 43.6 Å². The standard InChI is InChI=1S/C22H23N5O4S/c1-31-17-3-5-18(6-4-17)32(29,30)25-19-7-8-20-16-11-15(13-27(20)21(19)28)12-26(14-16)22-23-9-2-10-24-22/h2-10,15-16,25H,11-14H2,1H3/t15-,16+/m0/s1. The molecule has 0 amide bonds. The Morgan fingerprint density at radius 2 is 1.78 bits per heavy atom. The van der Waals surface area contributed by atoms with E-state index in [1.165, 1.54) is 19.2 Å². The highest BCUT2D eigenvalue weighted by Gasteiger charge is 2.36. The van der Waals surface area contributed by atoms with Gasteiger partial charge in [0.15, 0.2) is 0 Å². The lowest BCUT2D eigenvalue weighted by Crippen LogP contribution is -2.48. The van der Waals surface area contributed by atoms with E-state index in [4.69, 9.17) is 4.74 Å². The van der Waals surface area contributed by atoms with Crippen LogP contribution in [0, 0.1) is 5.92 Å². The summed E-state index contributed by atoms with van der Waals surface area (Å²) in [7, 11) is -2.38. The lowest BCUT2D eigenvalue weighted by molar-refractivity contribution is 0.280. The average Bonchev–Trinajstić information content (AvgIpc) is 2.81. The smallest absolute Gasteiger partial charge is 0.275 e. The first-order valence-electron chi connectivity index (χ1n) is 10.4. The maximum Gasteiger partial charge on any atom is 0.275 e. The maximum atomic E-state index is 13.2. The molecule has 0 saturated carbocycles. The Balaban J connectivity index is 1.42. The van der Waals surface area contributed by atoms with Crippen molar-refractivity contribution < 1.29 is 13.2 Å². The first kappa shape index (κ1) is 20.5. The molecule has 3 aromatic rings. The zero-order chi connectivity index (χ0) is 22.3. The minimum Gasteiger partial charge on any atom is -0.497 e. The minimum absolute atomic E-state index is 0.0489. The van der Waals surface area contributed by atoms with Crippen molar-refractivity contribution in [3.05, 3.63) is 70.9 Å². The molecule has 5 rings (SSSR count). The van der Waals surface area contributed by atoms with Gasteiger partial charge in [-0.3, -0.25) is 9.52 Å². The van der Waals surface area contributed by atoms with Gasteiger partial charge in [0.25, 0.3) is 15.6 Å². The highest BCUT2D eigenvalue weighted by molar-refractivity contribution is 7.92. The van der Waals surface area contributed by atoms with E-state index in [1.807, 2.05) is 6.07 Å². The number of aromatic nitrogens is 3. The Kier molecular flexibility index (Phi) is 5.09. The van der Waals surface area contributed by atoms with Crippen LogP contribution in [-0.2, 0) is 16.6 Å². The molecule has 10 heteroatoms. The molecular weight excluding hydrogens is 430 g/mol. The van der Waals surface area contributed by atoms with Gasteiger partial charge in [0.05, 0.1) is 12.0 Å². The molecule has 166 valence electrons. The molecule has 32 heavy (non-hydrogen) atoms. The molecule has 2 bridgehead atoms. The predicted molar refractivity (Wildman–Crippen MR) is 120 cm³/mol. The van der Waals surface area contributed by atoms with Crippen molar-refractivity contribution in [1.82, 2.24) is 14.5 Å². The van der Waals surface area contributed by atoms with Crippen molar-refractivity contribution in [1.29, 1.82) is 0 Å². The van der Waals surface area contributed by atoms with Crippen molar-refractivity contribution in [3.63, 3.8) is 0 Å². The lowest BCUT2D eigenvalue weighted by atomic mass is 9.83. The number of methoxy groups -OCH3 is 1. The Labute approximate surface area is 185 Å². The Morgan fingerprint density at radius 1 is 1.03 bits per heavy atom. The number of sulfonamides is 1. The third kappa shape index (κ3) is 3.70. The first-order chi connectivity index (χ1) is 15.4. The quantitative estimate of drug-likeness (QED) is 0.630. The largest absolute Gasteiger partial charge is 0.497 e. The van der Waals surface area contributed by atoms with E-state index in [0.717, 1.165) is 25.2 Å². The summed E-state index contributed by atoms with van der Waals surface area (Å²) in [5.74, 6) is 1.67. The SMILES string of the molecule is COc1ccc(S(=O)(=O)Nc2ccc3n(c2=O)C[C@H]2C[C@@H]3CN(c3ncccn3)C2)cc1. The zero-order valence-electron chi connectivity index (χ0n) is 17.5. The van der Waals surface area contributed by atoms with Crippen LogP contribution < -0.4 is 19.9 Å². The van der Waals surface area contributed by atoms with E-state index in [1.54, 1.807) is 41.2 Å². The van der Waals surface area contributed by atoms with Gasteiger partial charge in [-0.15, -0.1) is 0 Å². The van der Waals surface area contributed by atoms with Gasteiger partial charge in [0.2, 0.25) is 5.95 Å². The van der Waals surface area contributed by atoms with E-state index in [-0.39, 0.29) is 28.0 Å². The van der Waals surface area contributed by atoms with Crippen LogP contribution in [0.4, 0.5) is 11.6 Å². The Morgan fingerprint density at radius 3 is 2.50 bits per heavy atom. The monoisotopic (exact) mass is 453 g/mol. The van der Waals surface area contributed by atoms with Crippen LogP contribution in [-0.4, -0.2) is 43.2 Å². The van der Waals surface area contributed by atoms with Gasteiger partial charge >= 0.3 is 0 Å². The summed E-state index contributed by atoms with van der Waals surface area (Å²) >= 11 is 0. The second-order valence-corrected chi connectivity index (χ2v) is 9.80. The number of piperidine rings is 1. The summed E-state index contributed by atoms with van der Waals surface area (Å²) < 4.78 is 34.8. The number of anilines is 2. The number of pyridine rings is 1. The molecule has 0 spiro atoms. The van der Waals surface area contributed by atoms with Gasteiger partial charge in [-0.05, 0) is 54.8 Å². The fourth-order valence-corrected chi connectivity index (χ4v) is 5.66. The summed E-state index contributed by atoms with van der Waals surface area (Å²) in [6.45, 7) is 2.01. The number of hydrogen-bond acceptors (Lipinski definition) is 7. The van der Waals surface area contributed by atoms with Crippen molar-refractivity contribution in [2.45, 2.75) is 23.8 Å². The molecule has 1 fully saturated rings. The van der Waals surface area contributed by atoms with Crippen LogP contribution in [0.3, 0.4) is 0 Å². The summed E-state index contributed by atoms with van der Waals surface area (Å²) in [6, 6.07) is 11.2. The second-order valence-electron chi connectivity index (χ2n) is 8.12. The molecule has 1 N–H and O–H groups in total. The summed E-state index contributed by atoms with van der Waals surface area (Å²) in [6.07, 6.45) is 4.44. The third-order valence-corrected chi connectivity index (χ3v) is 7.43. The molecular formula is C22H23N5O4S. The van der Waals surface area contributed by atoms with Crippen LogP contribution >= 0.6 is 0 Å². The predicted octanol–water partition coefficient (Wildman–Crippen LogP) is 2.07. The molecule has 0 unspecified atom stereocenters. The van der Waals surface area contributed by atoms with Gasteiger partial charge < -0.3 is 14.2 Å². The lowest BCUT2D eigenvalue weighted by Gasteiger charge is -2.42. The molecule has 2 aromatic heterocycles. The average molecular weight is 454 g/mol. The highest BCUT2D eigenvalue weighted by Crippen LogP contribution is 2.36. The first-order valence-corrected chi connectivity index (χ1v) is 11.9. The van der Waals surface area contributed by atoms with Crippen molar-refractivity contribution >= 4 is 21.7 Å². The van der Waals surface area contributed by atoms with Gasteiger partial charge in [-0.25, -0.2) is 18.4 Å². The minimum atomic E-state index is -3.89. The molecule has 0 aliphatic carbocycles. The maximum absolute atomic E-state index is 13.2. The van der Waals surface area contributed by atoms with Gasteiger partial charge in [-0.1, -0.05) is 0 Å². The van der Waals surface area contributed by atoms with Gasteiger partial charge in [-0.2, -0.15) is 0 Å². The van der Waals surface area contributed by atoms with Crippen molar-refractivity contribution in [2.24, 2.45) is 5.92 Å². The fraction of sp³-hybridized carbons (Fsp3) is 0.318. The molecule has 2 atom stereocenters. The van der Waals surface area contributed by atoms with Crippen LogP contribution in [0.1, 0.15) is 18.0 Å². The second kappa shape index (κ2) is 7.94. The number of rotatable bonds is 5. The van der Waals surface area contributed by atoms with E-state index in [9.17, 15) is 13.2 Å². The summed E-state index contributed by atoms with van der Waals surface area (Å²) in [5.41, 5.74) is 0.644. The van der Waals surface area contributed by atoms with Crippen LogP contribution in [0.2, 0.25) is 0 Å². The summed E-state index contributed by atoms with van der Waals surface area (Å²) in [5, 5.41) is 0. The number of ether oxygens (including phenoxy) is 1. The Bertz CT molecular complexity index is 1290. The van der Waals surface area contributed by atoms with E-state index < -0.39 is 10.0 Å². The van der Waals surface area contributed by atoms with Crippen LogP contribution in [0.25, 0.3) is 0 Å². The number of fused-ring (bicyclic) bond motifs is 4. The van der Waals surface area contributed by atoms with E-state index in [0.29, 0.717) is 18.2 Å². The number of benzene rings is 1. The summed E-state index contributed by atoms with van der Waals surface area (Å²) in [4.78, 5) is 24.1. The number of nitrogens with one attached hydrogen (secondary N) is 1. The molecule has 2 aliphatic heterocycles. The topological polar surface area (TPSA) is 106 Å².